The van der Waals surface area contributed by atoms with E-state index in [1.54, 1.807) is 0 Å². The standard InChI is InChI=1S/C17H25NO/c1-3-4-8-13(2)17(19)18-16-12-7-10-14-9-5-6-11-15(14)16/h5-6,9,11,13,16H,3-4,7-8,10,12H2,1-2H3,(H,18,19)/t13-,16+/m0/s1. The fourth-order valence-corrected chi connectivity index (χ4v) is 2.86. The molecule has 1 aromatic rings. The first-order valence-electron chi connectivity index (χ1n) is 7.60. The summed E-state index contributed by atoms with van der Waals surface area (Å²) < 4.78 is 0. The average Bonchev–Trinajstić information content (AvgIpc) is 2.45. The predicted molar refractivity (Wildman–Crippen MR) is 79.0 cm³/mol. The molecule has 0 fully saturated rings. The summed E-state index contributed by atoms with van der Waals surface area (Å²) in [4.78, 5) is 12.2. The molecule has 0 spiro atoms. The van der Waals surface area contributed by atoms with Crippen LogP contribution in [0, 0.1) is 5.92 Å². The predicted octanol–water partition coefficient (Wildman–Crippen LogP) is 4.01. The van der Waals surface area contributed by atoms with E-state index in [2.05, 4.69) is 36.5 Å². The summed E-state index contributed by atoms with van der Waals surface area (Å²) in [6.45, 7) is 4.21. The molecule has 0 aliphatic heterocycles. The van der Waals surface area contributed by atoms with Crippen LogP contribution in [0.5, 0.6) is 0 Å². The molecule has 0 saturated heterocycles. The maximum atomic E-state index is 12.2. The second-order valence-electron chi connectivity index (χ2n) is 5.70. The monoisotopic (exact) mass is 259 g/mol. The van der Waals surface area contributed by atoms with Crippen molar-refractivity contribution in [3.05, 3.63) is 35.4 Å². The third-order valence-corrected chi connectivity index (χ3v) is 4.12. The smallest absolute Gasteiger partial charge is 0.223 e. The van der Waals surface area contributed by atoms with Gasteiger partial charge in [0.1, 0.15) is 0 Å². The highest BCUT2D eigenvalue weighted by Crippen LogP contribution is 2.29. The van der Waals surface area contributed by atoms with Gasteiger partial charge in [-0.1, -0.05) is 51.0 Å². The maximum Gasteiger partial charge on any atom is 0.223 e. The molecule has 0 aromatic heterocycles. The van der Waals surface area contributed by atoms with Crippen molar-refractivity contribution in [3.8, 4) is 0 Å². The molecule has 1 aliphatic rings. The summed E-state index contributed by atoms with van der Waals surface area (Å²) in [6.07, 6.45) is 6.68. The van der Waals surface area contributed by atoms with Crippen LogP contribution in [-0.4, -0.2) is 5.91 Å². The minimum atomic E-state index is 0.133. The van der Waals surface area contributed by atoms with Gasteiger partial charge in [-0.25, -0.2) is 0 Å². The number of hydrogen-bond donors (Lipinski definition) is 1. The molecule has 0 saturated carbocycles. The Morgan fingerprint density at radius 3 is 3.00 bits per heavy atom. The van der Waals surface area contributed by atoms with Gasteiger partial charge in [0, 0.05) is 5.92 Å². The summed E-state index contributed by atoms with van der Waals surface area (Å²) in [6, 6.07) is 8.74. The summed E-state index contributed by atoms with van der Waals surface area (Å²) >= 11 is 0. The molecule has 0 unspecified atom stereocenters. The largest absolute Gasteiger partial charge is 0.349 e. The number of carbonyl (C=O) groups excluding carboxylic acids is 1. The molecular formula is C17H25NO. The van der Waals surface area contributed by atoms with Crippen LogP contribution in [-0.2, 0) is 11.2 Å². The highest BCUT2D eigenvalue weighted by atomic mass is 16.1. The van der Waals surface area contributed by atoms with Crippen LogP contribution in [0.25, 0.3) is 0 Å². The molecule has 2 heteroatoms. The fourth-order valence-electron chi connectivity index (χ4n) is 2.86. The molecule has 1 amide bonds. The molecule has 1 aliphatic carbocycles. The van der Waals surface area contributed by atoms with E-state index in [9.17, 15) is 4.79 Å². The van der Waals surface area contributed by atoms with Crippen LogP contribution in [0.4, 0.5) is 0 Å². The zero-order chi connectivity index (χ0) is 13.7. The van der Waals surface area contributed by atoms with Crippen molar-refractivity contribution in [2.24, 2.45) is 5.92 Å². The summed E-state index contributed by atoms with van der Waals surface area (Å²) in [7, 11) is 0. The van der Waals surface area contributed by atoms with Crippen LogP contribution < -0.4 is 5.32 Å². The van der Waals surface area contributed by atoms with Crippen molar-refractivity contribution < 1.29 is 4.79 Å². The number of nitrogens with one attached hydrogen (secondary N) is 1. The number of amides is 1. The Kier molecular flexibility index (Phi) is 5.00. The summed E-state index contributed by atoms with van der Waals surface area (Å²) in [5.41, 5.74) is 2.73. The van der Waals surface area contributed by atoms with E-state index >= 15 is 0 Å². The van der Waals surface area contributed by atoms with Gasteiger partial charge in [0.05, 0.1) is 6.04 Å². The molecule has 2 rings (SSSR count). The van der Waals surface area contributed by atoms with Crippen LogP contribution in [0.2, 0.25) is 0 Å². The first-order chi connectivity index (χ1) is 9.22. The van der Waals surface area contributed by atoms with Gasteiger partial charge < -0.3 is 5.32 Å². The van der Waals surface area contributed by atoms with Crippen molar-refractivity contribution in [2.75, 3.05) is 0 Å². The van der Waals surface area contributed by atoms with Crippen LogP contribution in [0.15, 0.2) is 24.3 Å². The van der Waals surface area contributed by atoms with E-state index in [1.807, 2.05) is 6.92 Å². The van der Waals surface area contributed by atoms with Crippen LogP contribution >= 0.6 is 0 Å². The first kappa shape index (κ1) is 14.1. The SMILES string of the molecule is CCCC[C@H](C)C(=O)N[C@@H]1CCCc2ccccc21. The fraction of sp³-hybridized carbons (Fsp3) is 0.588. The van der Waals surface area contributed by atoms with Gasteiger partial charge in [-0.05, 0) is 36.8 Å². The Balaban J connectivity index is 1.98. The van der Waals surface area contributed by atoms with Crippen LogP contribution in [0.3, 0.4) is 0 Å². The van der Waals surface area contributed by atoms with Crippen molar-refractivity contribution >= 4 is 5.91 Å². The highest BCUT2D eigenvalue weighted by Gasteiger charge is 2.23. The molecule has 0 heterocycles. The lowest BCUT2D eigenvalue weighted by Gasteiger charge is -2.27. The molecule has 0 bridgehead atoms. The number of hydrogen-bond acceptors (Lipinski definition) is 1. The third-order valence-electron chi connectivity index (χ3n) is 4.12. The first-order valence-corrected chi connectivity index (χ1v) is 7.60. The molecule has 1 N–H and O–H groups in total. The number of rotatable bonds is 5. The van der Waals surface area contributed by atoms with Gasteiger partial charge in [0.15, 0.2) is 0 Å². The van der Waals surface area contributed by atoms with Crippen LogP contribution in [0.1, 0.15) is 63.1 Å². The Labute approximate surface area is 116 Å². The van der Waals surface area contributed by atoms with Gasteiger partial charge in [0.25, 0.3) is 0 Å². The van der Waals surface area contributed by atoms with Crippen molar-refractivity contribution in [2.45, 2.75) is 58.4 Å². The van der Waals surface area contributed by atoms with Gasteiger partial charge in [-0.15, -0.1) is 0 Å². The molecule has 104 valence electrons. The molecule has 1 aromatic carbocycles. The minimum absolute atomic E-state index is 0.133. The molecule has 2 nitrogen and oxygen atoms in total. The lowest BCUT2D eigenvalue weighted by Crippen LogP contribution is -2.34. The molecular weight excluding hydrogens is 234 g/mol. The summed E-state index contributed by atoms with van der Waals surface area (Å²) in [5, 5.41) is 3.24. The Hall–Kier alpha value is -1.31. The normalized spacial score (nSPS) is 19.6. The van der Waals surface area contributed by atoms with Crippen molar-refractivity contribution in [3.63, 3.8) is 0 Å². The number of unbranched alkanes of at least 4 members (excludes halogenated alkanes) is 1. The quantitative estimate of drug-likeness (QED) is 0.850. The zero-order valence-electron chi connectivity index (χ0n) is 12.1. The van der Waals surface area contributed by atoms with Crippen molar-refractivity contribution in [1.29, 1.82) is 0 Å². The average molecular weight is 259 g/mol. The van der Waals surface area contributed by atoms with Gasteiger partial charge in [-0.3, -0.25) is 4.79 Å². The van der Waals surface area contributed by atoms with E-state index < -0.39 is 0 Å². The third kappa shape index (κ3) is 3.59. The molecule has 0 radical (unpaired) electrons. The minimum Gasteiger partial charge on any atom is -0.349 e. The van der Waals surface area contributed by atoms with Gasteiger partial charge in [-0.2, -0.15) is 0 Å². The number of benzene rings is 1. The highest BCUT2D eigenvalue weighted by molar-refractivity contribution is 5.78. The lowest BCUT2D eigenvalue weighted by molar-refractivity contribution is -0.125. The Bertz CT molecular complexity index is 427. The van der Waals surface area contributed by atoms with E-state index in [-0.39, 0.29) is 17.9 Å². The number of carbonyl (C=O) groups is 1. The van der Waals surface area contributed by atoms with E-state index in [0.717, 1.165) is 32.1 Å². The van der Waals surface area contributed by atoms with E-state index in [0.29, 0.717) is 0 Å². The summed E-state index contributed by atoms with van der Waals surface area (Å²) in [5.74, 6) is 0.351. The zero-order valence-corrected chi connectivity index (χ0v) is 12.1. The van der Waals surface area contributed by atoms with Gasteiger partial charge in [0.2, 0.25) is 5.91 Å². The number of fused-ring (bicyclic) bond motifs is 1. The van der Waals surface area contributed by atoms with Crippen molar-refractivity contribution in [1.82, 2.24) is 5.32 Å². The van der Waals surface area contributed by atoms with Gasteiger partial charge >= 0.3 is 0 Å². The van der Waals surface area contributed by atoms with E-state index in [4.69, 9.17) is 0 Å². The molecule has 2 atom stereocenters. The number of aryl methyl sites for hydroxylation is 1. The second-order valence-corrected chi connectivity index (χ2v) is 5.70. The molecule has 19 heavy (non-hydrogen) atoms. The Morgan fingerprint density at radius 1 is 1.42 bits per heavy atom. The maximum absolute atomic E-state index is 12.2. The topological polar surface area (TPSA) is 29.1 Å². The second kappa shape index (κ2) is 6.74. The Morgan fingerprint density at radius 2 is 2.21 bits per heavy atom. The lowest BCUT2D eigenvalue weighted by atomic mass is 9.87. The van der Waals surface area contributed by atoms with E-state index in [1.165, 1.54) is 17.5 Å².